The minimum Gasteiger partial charge on any atom is -0.475 e. The Balaban J connectivity index is 0.000000383. The van der Waals surface area contributed by atoms with Crippen LogP contribution in [0.25, 0.3) is 0 Å². The number of carboxylic acid groups (broad SMARTS) is 2. The van der Waals surface area contributed by atoms with E-state index in [4.69, 9.17) is 24.5 Å². The van der Waals surface area contributed by atoms with E-state index in [9.17, 15) is 31.1 Å². The van der Waals surface area contributed by atoms with Crippen molar-refractivity contribution in [3.05, 3.63) is 24.5 Å². The highest BCUT2D eigenvalue weighted by atomic mass is 19.4. The van der Waals surface area contributed by atoms with E-state index in [0.717, 1.165) is 31.6 Å². The van der Waals surface area contributed by atoms with Crippen LogP contribution in [-0.4, -0.2) is 82.1 Å². The van der Waals surface area contributed by atoms with Gasteiger partial charge in [-0.05, 0) is 44.7 Å². The van der Waals surface area contributed by atoms with E-state index in [0.29, 0.717) is 24.7 Å². The Morgan fingerprint density at radius 3 is 2.11 bits per heavy atom. The normalized spacial score (nSPS) is 22.2. The molecule has 3 heterocycles. The number of nitrogens with one attached hydrogen (secondary N) is 1. The average Bonchev–Trinajstić information content (AvgIpc) is 2.78. The molecule has 2 fully saturated rings. The Labute approximate surface area is 202 Å². The van der Waals surface area contributed by atoms with Gasteiger partial charge in [0, 0.05) is 25.3 Å². The van der Waals surface area contributed by atoms with Crippen molar-refractivity contribution in [2.75, 3.05) is 25.0 Å². The summed E-state index contributed by atoms with van der Waals surface area (Å²) in [5.74, 6) is -5.06. The number of piperidine rings is 1. The van der Waals surface area contributed by atoms with E-state index in [-0.39, 0.29) is 11.8 Å². The predicted molar refractivity (Wildman–Crippen MR) is 113 cm³/mol. The number of alkyl halides is 6. The van der Waals surface area contributed by atoms with Gasteiger partial charge >= 0.3 is 24.3 Å². The van der Waals surface area contributed by atoms with E-state index in [1.807, 2.05) is 12.1 Å². The molecule has 1 amide bonds. The summed E-state index contributed by atoms with van der Waals surface area (Å²) in [5, 5.41) is 17.2. The molecule has 9 nitrogen and oxygen atoms in total. The molecule has 3 atom stereocenters. The highest BCUT2D eigenvalue weighted by Gasteiger charge is 2.39. The molecule has 0 bridgehead atoms. The molecule has 204 valence electrons. The number of hydrogen-bond donors (Lipinski definition) is 3. The lowest BCUT2D eigenvalue weighted by Gasteiger charge is -2.44. The molecule has 1 aromatic heterocycles. The zero-order valence-corrected chi connectivity index (χ0v) is 19.3. The van der Waals surface area contributed by atoms with Gasteiger partial charge in [0.15, 0.2) is 0 Å². The summed E-state index contributed by atoms with van der Waals surface area (Å²) in [5.41, 5.74) is 0.752. The minimum absolute atomic E-state index is 0.0492. The molecule has 36 heavy (non-hydrogen) atoms. The van der Waals surface area contributed by atoms with E-state index in [1.54, 1.807) is 12.4 Å². The lowest BCUT2D eigenvalue weighted by molar-refractivity contribution is -0.193. The summed E-state index contributed by atoms with van der Waals surface area (Å²) in [4.78, 5) is 36.7. The maximum absolute atomic E-state index is 12.4. The van der Waals surface area contributed by atoms with Gasteiger partial charge in [-0.2, -0.15) is 26.3 Å². The number of fused-ring (bicyclic) bond motifs is 1. The van der Waals surface area contributed by atoms with Crippen molar-refractivity contribution in [2.45, 2.75) is 51.2 Å². The summed E-state index contributed by atoms with van der Waals surface area (Å²) in [6.45, 7) is 7.15. The number of hydrogen-bond acceptors (Lipinski definition) is 6. The standard InChI is InChI=1S/C17H25N3O2.2C2HF3O2/c1-12(2)20-7-5-16-13(10-20)8-14(11-22-16)17(21)19-15-4-3-6-18-9-15;2*3-2(4,5)1(6)7/h3-4,6,9,12-14,16H,5,7-8,10-11H2,1-2H3,(H,19,21);2*(H,6,7)/t13-,14-,16+;;/m1../s1. The van der Waals surface area contributed by atoms with Crippen LogP contribution in [0, 0.1) is 11.8 Å². The monoisotopic (exact) mass is 531 g/mol. The van der Waals surface area contributed by atoms with Crippen LogP contribution in [0.4, 0.5) is 32.0 Å². The van der Waals surface area contributed by atoms with Crippen LogP contribution in [-0.2, 0) is 19.1 Å². The van der Waals surface area contributed by atoms with E-state index in [1.165, 1.54) is 0 Å². The van der Waals surface area contributed by atoms with Crippen LogP contribution < -0.4 is 5.32 Å². The van der Waals surface area contributed by atoms with Crippen LogP contribution >= 0.6 is 0 Å². The largest absolute Gasteiger partial charge is 0.490 e. The molecule has 1 aromatic rings. The summed E-state index contributed by atoms with van der Waals surface area (Å²) in [7, 11) is 0. The van der Waals surface area contributed by atoms with Gasteiger partial charge in [0.25, 0.3) is 0 Å². The van der Waals surface area contributed by atoms with E-state index < -0.39 is 24.3 Å². The fourth-order valence-electron chi connectivity index (χ4n) is 3.49. The lowest BCUT2D eigenvalue weighted by atomic mass is 9.83. The van der Waals surface area contributed by atoms with Crippen LogP contribution in [0.3, 0.4) is 0 Å². The lowest BCUT2D eigenvalue weighted by Crippen LogP contribution is -2.51. The van der Waals surface area contributed by atoms with Gasteiger partial charge < -0.3 is 25.2 Å². The van der Waals surface area contributed by atoms with Crippen molar-refractivity contribution < 1.29 is 55.7 Å². The zero-order chi connectivity index (χ0) is 27.7. The van der Waals surface area contributed by atoms with Crippen molar-refractivity contribution in [3.8, 4) is 0 Å². The maximum atomic E-state index is 12.4. The molecular weight excluding hydrogens is 504 g/mol. The van der Waals surface area contributed by atoms with E-state index >= 15 is 0 Å². The number of carbonyl (C=O) groups excluding carboxylic acids is 1. The number of carbonyl (C=O) groups is 3. The number of carboxylic acids is 2. The Morgan fingerprint density at radius 2 is 1.67 bits per heavy atom. The average molecular weight is 531 g/mol. The minimum atomic E-state index is -5.08. The molecule has 3 N–H and O–H groups in total. The van der Waals surface area contributed by atoms with Gasteiger partial charge in [0.2, 0.25) is 5.91 Å². The Bertz CT molecular complexity index is 842. The number of aromatic nitrogens is 1. The molecule has 3 rings (SSSR count). The van der Waals surface area contributed by atoms with E-state index in [2.05, 4.69) is 29.0 Å². The van der Waals surface area contributed by atoms with Crippen LogP contribution in [0.15, 0.2) is 24.5 Å². The number of ether oxygens (including phenoxy) is 1. The van der Waals surface area contributed by atoms with Gasteiger partial charge in [-0.15, -0.1) is 0 Å². The van der Waals surface area contributed by atoms with Crippen molar-refractivity contribution >= 4 is 23.5 Å². The number of halogens is 6. The van der Waals surface area contributed by atoms with Gasteiger partial charge in [0.05, 0.1) is 30.5 Å². The Hall–Kier alpha value is -2.94. The van der Waals surface area contributed by atoms with Gasteiger partial charge in [-0.1, -0.05) is 0 Å². The number of anilines is 1. The fraction of sp³-hybridized carbons (Fsp3) is 0.619. The molecular formula is C21H27F6N3O6. The highest BCUT2D eigenvalue weighted by Crippen LogP contribution is 2.32. The molecule has 0 radical (unpaired) electrons. The quantitative estimate of drug-likeness (QED) is 0.506. The first-order valence-electron chi connectivity index (χ1n) is 10.7. The first-order chi connectivity index (χ1) is 16.5. The molecule has 0 spiro atoms. The highest BCUT2D eigenvalue weighted by molar-refractivity contribution is 5.92. The van der Waals surface area contributed by atoms with Gasteiger partial charge in [-0.25, -0.2) is 9.59 Å². The predicted octanol–water partition coefficient (Wildman–Crippen LogP) is 3.42. The number of likely N-dealkylation sites (tertiary alicyclic amines) is 1. The smallest absolute Gasteiger partial charge is 0.475 e. The van der Waals surface area contributed by atoms with Crippen LogP contribution in [0.2, 0.25) is 0 Å². The molecule has 0 unspecified atom stereocenters. The topological polar surface area (TPSA) is 129 Å². The molecule has 0 saturated carbocycles. The molecule has 0 aromatic carbocycles. The molecule has 2 saturated heterocycles. The summed E-state index contributed by atoms with van der Waals surface area (Å²) in [6, 6.07) is 4.24. The summed E-state index contributed by atoms with van der Waals surface area (Å²) < 4.78 is 69.5. The first-order valence-corrected chi connectivity index (χ1v) is 10.7. The second-order valence-corrected chi connectivity index (χ2v) is 8.28. The van der Waals surface area contributed by atoms with Crippen LogP contribution in [0.1, 0.15) is 26.7 Å². The second kappa shape index (κ2) is 13.4. The summed E-state index contributed by atoms with van der Waals surface area (Å²) in [6.07, 6.45) is -4.46. The zero-order valence-electron chi connectivity index (χ0n) is 19.3. The first kappa shape index (κ1) is 31.1. The number of nitrogens with zero attached hydrogens (tertiary/aromatic N) is 2. The molecule has 0 aliphatic carbocycles. The number of rotatable bonds is 3. The number of amides is 1. The number of pyridine rings is 1. The fourth-order valence-corrected chi connectivity index (χ4v) is 3.49. The molecule has 15 heteroatoms. The summed E-state index contributed by atoms with van der Waals surface area (Å²) >= 11 is 0. The van der Waals surface area contributed by atoms with Gasteiger partial charge in [0.1, 0.15) is 0 Å². The molecule has 2 aliphatic heterocycles. The third kappa shape index (κ3) is 10.8. The SMILES string of the molecule is CC(C)N1CC[C@@H]2OC[C@H](C(=O)Nc3cccnc3)C[C@@H]2C1.O=C(O)C(F)(F)F.O=C(O)C(F)(F)F. The van der Waals surface area contributed by atoms with Crippen LogP contribution in [0.5, 0.6) is 0 Å². The third-order valence-corrected chi connectivity index (χ3v) is 5.31. The number of aliphatic carboxylic acids is 2. The van der Waals surface area contributed by atoms with Crippen molar-refractivity contribution in [3.63, 3.8) is 0 Å². The van der Waals surface area contributed by atoms with Crippen molar-refractivity contribution in [1.29, 1.82) is 0 Å². The van der Waals surface area contributed by atoms with Crippen molar-refractivity contribution in [2.24, 2.45) is 11.8 Å². The Kier molecular flexibility index (Phi) is 11.6. The maximum Gasteiger partial charge on any atom is 0.490 e. The Morgan fingerprint density at radius 1 is 1.11 bits per heavy atom. The second-order valence-electron chi connectivity index (χ2n) is 8.28. The third-order valence-electron chi connectivity index (χ3n) is 5.31. The molecule has 2 aliphatic rings. The van der Waals surface area contributed by atoms with Crippen molar-refractivity contribution in [1.82, 2.24) is 9.88 Å². The van der Waals surface area contributed by atoms with Gasteiger partial charge in [-0.3, -0.25) is 9.78 Å².